The molecule has 1 unspecified atom stereocenters. The topological polar surface area (TPSA) is 46.5 Å². The van der Waals surface area contributed by atoms with Gasteiger partial charge >= 0.3 is 5.97 Å². The van der Waals surface area contributed by atoms with E-state index in [2.05, 4.69) is 0 Å². The van der Waals surface area contributed by atoms with Gasteiger partial charge in [0.25, 0.3) is 0 Å². The third kappa shape index (κ3) is 2.42. The molecule has 0 spiro atoms. The summed E-state index contributed by atoms with van der Waals surface area (Å²) in [5, 5.41) is 9.10. The zero-order valence-electron chi connectivity index (χ0n) is 10.2. The van der Waals surface area contributed by atoms with Crippen LogP contribution < -0.4 is 0 Å². The highest BCUT2D eigenvalue weighted by Crippen LogP contribution is 2.29. The Balaban J connectivity index is 3.08. The van der Waals surface area contributed by atoms with Crippen LogP contribution in [-0.2, 0) is 14.9 Å². The molecule has 0 aromatic heterocycles. The Morgan fingerprint density at radius 3 is 2.19 bits per heavy atom. The number of benzene rings is 1. The Labute approximate surface area is 96.1 Å². The van der Waals surface area contributed by atoms with Crippen LogP contribution in [0.4, 0.5) is 0 Å². The molecule has 0 saturated heterocycles. The molecule has 0 radical (unpaired) electrons. The second-order valence-corrected chi connectivity index (χ2v) is 4.54. The van der Waals surface area contributed by atoms with E-state index in [9.17, 15) is 4.79 Å². The van der Waals surface area contributed by atoms with Gasteiger partial charge in [0.05, 0.1) is 0 Å². The van der Waals surface area contributed by atoms with Gasteiger partial charge in [-0.2, -0.15) is 0 Å². The summed E-state index contributed by atoms with van der Waals surface area (Å²) in [6.45, 7) is 5.75. The number of carboxylic acid groups (broad SMARTS) is 1. The molecule has 1 rings (SSSR count). The third-order valence-electron chi connectivity index (χ3n) is 2.91. The first-order chi connectivity index (χ1) is 7.39. The number of hydrogen-bond acceptors (Lipinski definition) is 2. The molecule has 3 heteroatoms. The molecule has 16 heavy (non-hydrogen) atoms. The van der Waals surface area contributed by atoms with Gasteiger partial charge in [0.1, 0.15) is 0 Å². The number of carboxylic acids is 1. The lowest BCUT2D eigenvalue weighted by Gasteiger charge is -2.30. The van der Waals surface area contributed by atoms with Gasteiger partial charge in [0.15, 0.2) is 6.10 Å². The molecule has 1 atom stereocenters. The first-order valence-corrected chi connectivity index (χ1v) is 5.22. The molecule has 1 aromatic rings. The van der Waals surface area contributed by atoms with Crippen LogP contribution in [0.2, 0.25) is 0 Å². The molecule has 0 saturated carbocycles. The number of hydrogen-bond donors (Lipinski definition) is 1. The van der Waals surface area contributed by atoms with Crippen LogP contribution >= 0.6 is 0 Å². The standard InChI is InChI=1S/C13H18O3/c1-9-5-7-10(8-6-9)13(2,3)11(16-4)12(14)15/h5-8,11H,1-4H3,(H,14,15). The molecule has 0 amide bonds. The number of ether oxygens (including phenoxy) is 1. The maximum Gasteiger partial charge on any atom is 0.333 e. The molecule has 0 heterocycles. The normalized spacial score (nSPS) is 13.5. The fourth-order valence-electron chi connectivity index (χ4n) is 1.84. The zero-order chi connectivity index (χ0) is 12.3. The van der Waals surface area contributed by atoms with Crippen LogP contribution in [0.25, 0.3) is 0 Å². The second-order valence-electron chi connectivity index (χ2n) is 4.54. The highest BCUT2D eigenvalue weighted by Gasteiger charge is 2.36. The van der Waals surface area contributed by atoms with Crippen molar-refractivity contribution in [2.24, 2.45) is 0 Å². The van der Waals surface area contributed by atoms with Crippen LogP contribution in [0.15, 0.2) is 24.3 Å². The lowest BCUT2D eigenvalue weighted by molar-refractivity contribution is -0.152. The van der Waals surface area contributed by atoms with Crippen LogP contribution in [0.3, 0.4) is 0 Å². The summed E-state index contributed by atoms with van der Waals surface area (Å²) in [5.74, 6) is -0.937. The number of aryl methyl sites for hydroxylation is 1. The fraction of sp³-hybridized carbons (Fsp3) is 0.462. The molecule has 0 aliphatic heterocycles. The van der Waals surface area contributed by atoms with Gasteiger partial charge in [-0.05, 0) is 12.5 Å². The van der Waals surface area contributed by atoms with Gasteiger partial charge in [-0.3, -0.25) is 0 Å². The van der Waals surface area contributed by atoms with Crippen LogP contribution in [0.5, 0.6) is 0 Å². The summed E-state index contributed by atoms with van der Waals surface area (Å²) in [4.78, 5) is 11.1. The number of carbonyl (C=O) groups is 1. The average Bonchev–Trinajstić information content (AvgIpc) is 2.18. The van der Waals surface area contributed by atoms with Crippen LogP contribution in [0.1, 0.15) is 25.0 Å². The molecular weight excluding hydrogens is 204 g/mol. The second kappa shape index (κ2) is 4.66. The summed E-state index contributed by atoms with van der Waals surface area (Å²) in [6, 6.07) is 7.85. The molecule has 88 valence electrons. The maximum absolute atomic E-state index is 11.1. The number of aliphatic carboxylic acids is 1. The predicted molar refractivity (Wildman–Crippen MR) is 62.6 cm³/mol. The van der Waals surface area contributed by atoms with E-state index in [0.29, 0.717) is 0 Å². The van der Waals surface area contributed by atoms with Crippen molar-refractivity contribution < 1.29 is 14.6 Å². The Hall–Kier alpha value is -1.35. The monoisotopic (exact) mass is 222 g/mol. The SMILES string of the molecule is COC(C(=O)O)C(C)(C)c1ccc(C)cc1. The Kier molecular flexibility index (Phi) is 3.70. The van der Waals surface area contributed by atoms with Gasteiger partial charge < -0.3 is 9.84 Å². The molecule has 0 aliphatic carbocycles. The van der Waals surface area contributed by atoms with Crippen LogP contribution in [-0.4, -0.2) is 24.3 Å². The summed E-state index contributed by atoms with van der Waals surface area (Å²) in [5.41, 5.74) is 1.57. The van der Waals surface area contributed by atoms with E-state index in [0.717, 1.165) is 11.1 Å². The lowest BCUT2D eigenvalue weighted by Crippen LogP contribution is -2.41. The first kappa shape index (κ1) is 12.7. The number of methoxy groups -OCH3 is 1. The van der Waals surface area contributed by atoms with E-state index in [1.165, 1.54) is 7.11 Å². The lowest BCUT2D eigenvalue weighted by atomic mass is 9.79. The summed E-state index contributed by atoms with van der Waals surface area (Å²) < 4.78 is 5.06. The van der Waals surface area contributed by atoms with Gasteiger partial charge in [-0.15, -0.1) is 0 Å². The van der Waals surface area contributed by atoms with E-state index < -0.39 is 17.5 Å². The van der Waals surface area contributed by atoms with Gasteiger partial charge in [-0.1, -0.05) is 43.7 Å². The molecule has 3 nitrogen and oxygen atoms in total. The minimum Gasteiger partial charge on any atom is -0.479 e. The molecule has 1 aromatic carbocycles. The fourth-order valence-corrected chi connectivity index (χ4v) is 1.84. The van der Waals surface area contributed by atoms with Crippen LogP contribution in [0, 0.1) is 6.92 Å². The predicted octanol–water partition coefficient (Wildman–Crippen LogP) is 2.37. The van der Waals surface area contributed by atoms with Crippen molar-refractivity contribution in [1.82, 2.24) is 0 Å². The van der Waals surface area contributed by atoms with Crippen molar-refractivity contribution in [3.8, 4) is 0 Å². The molecular formula is C13H18O3. The zero-order valence-corrected chi connectivity index (χ0v) is 10.2. The van der Waals surface area contributed by atoms with E-state index >= 15 is 0 Å². The molecule has 0 bridgehead atoms. The van der Waals surface area contributed by atoms with Crippen molar-refractivity contribution >= 4 is 5.97 Å². The largest absolute Gasteiger partial charge is 0.479 e. The maximum atomic E-state index is 11.1. The van der Waals surface area contributed by atoms with E-state index in [-0.39, 0.29) is 0 Å². The summed E-state index contributed by atoms with van der Waals surface area (Å²) in [6.07, 6.45) is -0.838. The highest BCUT2D eigenvalue weighted by atomic mass is 16.5. The van der Waals surface area contributed by atoms with Gasteiger partial charge in [0.2, 0.25) is 0 Å². The minimum atomic E-state index is -0.937. The number of rotatable bonds is 4. The van der Waals surface area contributed by atoms with Crippen molar-refractivity contribution in [3.05, 3.63) is 35.4 Å². The molecule has 1 N–H and O–H groups in total. The summed E-state index contributed by atoms with van der Waals surface area (Å²) in [7, 11) is 1.43. The van der Waals surface area contributed by atoms with Crippen molar-refractivity contribution in [2.45, 2.75) is 32.3 Å². The minimum absolute atomic E-state index is 0.547. The van der Waals surface area contributed by atoms with Crippen molar-refractivity contribution in [2.75, 3.05) is 7.11 Å². The Bertz CT molecular complexity index is 365. The van der Waals surface area contributed by atoms with E-state index in [4.69, 9.17) is 9.84 Å². The first-order valence-electron chi connectivity index (χ1n) is 5.22. The average molecular weight is 222 g/mol. The van der Waals surface area contributed by atoms with Crippen molar-refractivity contribution in [3.63, 3.8) is 0 Å². The van der Waals surface area contributed by atoms with Gasteiger partial charge in [0, 0.05) is 12.5 Å². The van der Waals surface area contributed by atoms with E-state index in [1.54, 1.807) is 0 Å². The molecule has 0 aliphatic rings. The highest BCUT2D eigenvalue weighted by molar-refractivity contribution is 5.74. The Morgan fingerprint density at radius 1 is 1.31 bits per heavy atom. The Morgan fingerprint density at radius 2 is 1.81 bits per heavy atom. The third-order valence-corrected chi connectivity index (χ3v) is 2.91. The summed E-state index contributed by atoms with van der Waals surface area (Å²) >= 11 is 0. The smallest absolute Gasteiger partial charge is 0.333 e. The van der Waals surface area contributed by atoms with Gasteiger partial charge in [-0.25, -0.2) is 4.79 Å². The van der Waals surface area contributed by atoms with Crippen molar-refractivity contribution in [1.29, 1.82) is 0 Å². The quantitative estimate of drug-likeness (QED) is 0.850. The molecule has 0 fully saturated rings. The van der Waals surface area contributed by atoms with E-state index in [1.807, 2.05) is 45.0 Å².